The van der Waals surface area contributed by atoms with Crippen molar-refractivity contribution in [2.24, 2.45) is 23.2 Å². The van der Waals surface area contributed by atoms with Crippen LogP contribution in [0, 0.1) is 23.2 Å². The summed E-state index contributed by atoms with van der Waals surface area (Å²) in [5.41, 5.74) is 3.49. The topological polar surface area (TPSA) is 147 Å². The van der Waals surface area contributed by atoms with Crippen LogP contribution in [0.5, 0.6) is 5.75 Å². The first kappa shape index (κ1) is 42.3. The maximum Gasteiger partial charge on any atom is 0.407 e. The van der Waals surface area contributed by atoms with E-state index in [9.17, 15) is 19.5 Å². The summed E-state index contributed by atoms with van der Waals surface area (Å²) in [5, 5.41) is 16.7. The van der Waals surface area contributed by atoms with Crippen LogP contribution in [0.3, 0.4) is 0 Å². The summed E-state index contributed by atoms with van der Waals surface area (Å²) in [4.78, 5) is 61.7. The molecule has 306 valence electrons. The molecule has 1 aromatic heterocycles. The highest BCUT2D eigenvalue weighted by molar-refractivity contribution is 14.2. The molecule has 0 radical (unpaired) electrons. The second-order valence-corrected chi connectivity index (χ2v) is 19.0. The van der Waals surface area contributed by atoms with Crippen molar-refractivity contribution in [2.75, 3.05) is 13.2 Å². The number of pyridine rings is 1. The van der Waals surface area contributed by atoms with Crippen molar-refractivity contribution in [3.8, 4) is 17.0 Å². The number of alkyl carbamates (subject to hydrolysis) is 1. The van der Waals surface area contributed by atoms with Crippen molar-refractivity contribution in [2.45, 2.75) is 107 Å². The van der Waals surface area contributed by atoms with Gasteiger partial charge in [0.15, 0.2) is 0 Å². The molecule has 3 heterocycles. The van der Waals surface area contributed by atoms with Gasteiger partial charge in [-0.05, 0) is 73.0 Å². The van der Waals surface area contributed by atoms with E-state index in [-0.39, 0.29) is 30.9 Å². The van der Waals surface area contributed by atoms with Crippen molar-refractivity contribution in [1.29, 1.82) is 0 Å². The number of carboxylic acid groups (broad SMARTS) is 1. The molecule has 12 heteroatoms. The number of nitrogens with one attached hydrogen (secondary N) is 2. The lowest BCUT2D eigenvalue weighted by Crippen LogP contribution is -2.58. The zero-order valence-corrected chi connectivity index (χ0v) is 35.7. The van der Waals surface area contributed by atoms with Crippen LogP contribution in [0.4, 0.5) is 4.79 Å². The quantitative estimate of drug-likeness (QED) is 0.107. The van der Waals surface area contributed by atoms with Crippen LogP contribution in [0.15, 0.2) is 67.3 Å². The summed E-state index contributed by atoms with van der Waals surface area (Å²) >= 11 is -0.876. The third kappa shape index (κ3) is 9.87. The fourth-order valence-corrected chi connectivity index (χ4v) is 10.4. The number of benzene rings is 2. The summed E-state index contributed by atoms with van der Waals surface area (Å²) in [5.74, 6) is -1.20. The number of carboxylic acids is 1. The van der Waals surface area contributed by atoms with E-state index in [2.05, 4.69) is 54.6 Å². The minimum atomic E-state index is -1.25. The van der Waals surface area contributed by atoms with Gasteiger partial charge in [0.2, 0.25) is 11.8 Å². The standard InChI is InChI=1S/C45H57IN4O7/c1-7-34(46-6)40(43(53)54)48-41(51)37-23-32-26-50(37)42(52)39(28(3)25-45(5)19-11-14-29(45)4)49-44(55)56-20-12-13-27(2)21-30-17-18-35-33(22-30)38(57-32)24-36(47-35)31-15-9-8-10-16-31/h7-10,15-18,22,24,27-29,32,34,37,39-40H,1,6,11-14,19-21,23,25-26H2,2-5H3,(H,48,51)(H,49,55)(H,53,54)/t27?,28?,29-,32+,34-,37-,39-,40?,45?/m0/s1. The summed E-state index contributed by atoms with van der Waals surface area (Å²) in [6.45, 7) is 12.7. The fourth-order valence-electron chi connectivity index (χ4n) is 9.05. The van der Waals surface area contributed by atoms with Crippen molar-refractivity contribution >= 4 is 60.0 Å². The van der Waals surface area contributed by atoms with Crippen molar-refractivity contribution < 1.29 is 33.8 Å². The lowest BCUT2D eigenvalue weighted by molar-refractivity contribution is -0.144. The van der Waals surface area contributed by atoms with Gasteiger partial charge in [0.1, 0.15) is 30.0 Å². The number of halogens is 1. The Labute approximate surface area is 346 Å². The van der Waals surface area contributed by atoms with E-state index in [0.29, 0.717) is 30.4 Å². The minimum absolute atomic E-state index is 0.0236. The Balaban J connectivity index is 1.42. The SMILES string of the molecule is C=C[C@H](I=C)C(NC(=O)[C@@H]1C[C@@H]2CN1C(=O)[C@H](C(C)CC1(C)CCC[C@@H]1C)NC(=O)OCCCC(C)Cc1ccc3nc(-c4ccccc4)cc(c3c1)O2)C(=O)O. The number of ether oxygens (including phenoxy) is 2. The van der Waals surface area contributed by atoms with Gasteiger partial charge in [-0.25, -0.2) is 14.6 Å². The first-order chi connectivity index (χ1) is 27.3. The van der Waals surface area contributed by atoms with Crippen LogP contribution in [0.1, 0.15) is 78.2 Å². The molecule has 2 aromatic carbocycles. The molecule has 2 aliphatic heterocycles. The van der Waals surface area contributed by atoms with E-state index in [4.69, 9.17) is 14.5 Å². The van der Waals surface area contributed by atoms with Crippen LogP contribution in [0.25, 0.3) is 22.2 Å². The van der Waals surface area contributed by atoms with E-state index in [1.165, 1.54) is 11.0 Å². The number of carbonyl (C=O) groups excluding carboxylic acids is 3. The number of fused-ring (bicyclic) bond motifs is 3. The van der Waals surface area contributed by atoms with E-state index in [0.717, 1.165) is 59.8 Å². The Morgan fingerprint density at radius 3 is 2.60 bits per heavy atom. The van der Waals surface area contributed by atoms with Gasteiger partial charge < -0.3 is 30.1 Å². The van der Waals surface area contributed by atoms with E-state index in [1.54, 1.807) is 0 Å². The highest BCUT2D eigenvalue weighted by Crippen LogP contribution is 2.47. The Hall–Kier alpha value is -4.33. The molecule has 1 aliphatic carbocycles. The number of hydrogen-bond donors (Lipinski definition) is 3. The monoisotopic (exact) mass is 892 g/mol. The zero-order valence-electron chi connectivity index (χ0n) is 33.5. The largest absolute Gasteiger partial charge is 0.488 e. The lowest BCUT2D eigenvalue weighted by atomic mass is 9.72. The Morgan fingerprint density at radius 2 is 1.91 bits per heavy atom. The number of amides is 3. The summed E-state index contributed by atoms with van der Waals surface area (Å²) in [7, 11) is 0. The van der Waals surface area contributed by atoms with Crippen LogP contribution >= 0.6 is 20.7 Å². The molecular weight excluding hydrogens is 835 g/mol. The predicted molar refractivity (Wildman–Crippen MR) is 232 cm³/mol. The smallest absolute Gasteiger partial charge is 0.407 e. The molecule has 3 amide bonds. The second-order valence-electron chi connectivity index (χ2n) is 16.7. The summed E-state index contributed by atoms with van der Waals surface area (Å²) in [6, 6.07) is 14.6. The molecule has 3 aliphatic rings. The van der Waals surface area contributed by atoms with Gasteiger partial charge in [-0.1, -0.05) is 87.5 Å². The number of carbonyl (C=O) groups is 4. The van der Waals surface area contributed by atoms with E-state index in [1.807, 2.05) is 49.4 Å². The Morgan fingerprint density at radius 1 is 1.14 bits per heavy atom. The van der Waals surface area contributed by atoms with Crippen LogP contribution in [-0.2, 0) is 25.5 Å². The number of rotatable bonds is 10. The van der Waals surface area contributed by atoms with Gasteiger partial charge >= 0.3 is 12.1 Å². The molecule has 4 bridgehead atoms. The molecule has 3 N–H and O–H groups in total. The Bertz CT molecular complexity index is 1970. The first-order valence-corrected chi connectivity index (χ1v) is 23.0. The van der Waals surface area contributed by atoms with Crippen LogP contribution < -0.4 is 15.4 Å². The van der Waals surface area contributed by atoms with Gasteiger partial charge in [0, 0.05) is 23.4 Å². The number of alkyl halides is 1. The van der Waals surface area contributed by atoms with Gasteiger partial charge in [0.05, 0.1) is 28.3 Å². The number of hydrogen-bond acceptors (Lipinski definition) is 7. The number of aromatic nitrogens is 1. The number of nitrogens with zero attached hydrogens (tertiary/aromatic N) is 2. The number of cyclic esters (lactones) is 1. The first-order valence-electron chi connectivity index (χ1n) is 20.2. The van der Waals surface area contributed by atoms with Crippen molar-refractivity contribution in [3.63, 3.8) is 0 Å². The van der Waals surface area contributed by atoms with Gasteiger partial charge in [-0.2, -0.15) is 0 Å². The van der Waals surface area contributed by atoms with E-state index < -0.39 is 72.8 Å². The molecular formula is C45H57IN4O7. The predicted octanol–water partition coefficient (Wildman–Crippen LogP) is 7.70. The molecule has 3 aromatic rings. The molecule has 4 unspecified atom stereocenters. The third-order valence-electron chi connectivity index (χ3n) is 12.5. The maximum atomic E-state index is 15.0. The molecule has 1 saturated heterocycles. The zero-order chi connectivity index (χ0) is 40.9. The van der Waals surface area contributed by atoms with Gasteiger partial charge in [-0.15, -0.1) is 27.3 Å². The average Bonchev–Trinajstić information content (AvgIpc) is 3.76. The summed E-state index contributed by atoms with van der Waals surface area (Å²) < 4.78 is 16.0. The van der Waals surface area contributed by atoms with Gasteiger partial charge in [0.25, 0.3) is 0 Å². The van der Waals surface area contributed by atoms with Crippen LogP contribution in [-0.4, -0.2) is 84.7 Å². The third-order valence-corrected chi connectivity index (χ3v) is 14.7. The molecule has 6 rings (SSSR count). The van der Waals surface area contributed by atoms with Crippen molar-refractivity contribution in [3.05, 3.63) is 72.8 Å². The molecule has 9 atom stereocenters. The molecule has 2 fully saturated rings. The molecule has 11 nitrogen and oxygen atoms in total. The highest BCUT2D eigenvalue weighted by Gasteiger charge is 2.47. The highest BCUT2D eigenvalue weighted by atomic mass is 127. The average molecular weight is 893 g/mol. The van der Waals surface area contributed by atoms with Gasteiger partial charge in [-0.3, -0.25) is 9.59 Å². The van der Waals surface area contributed by atoms with Crippen molar-refractivity contribution in [1.82, 2.24) is 20.5 Å². The van der Waals surface area contributed by atoms with Crippen LogP contribution in [0.2, 0.25) is 0 Å². The maximum absolute atomic E-state index is 15.0. The Kier molecular flexibility index (Phi) is 13.7. The minimum Gasteiger partial charge on any atom is -0.488 e. The lowest BCUT2D eigenvalue weighted by Gasteiger charge is -2.37. The molecule has 0 spiro atoms. The normalized spacial score (nSPS) is 27.3. The molecule has 57 heavy (non-hydrogen) atoms. The number of aliphatic carboxylic acids is 1. The van der Waals surface area contributed by atoms with E-state index >= 15 is 4.79 Å². The molecule has 1 saturated carbocycles. The fraction of sp³-hybridized carbons (Fsp3) is 0.511. The second kappa shape index (κ2) is 18.5. The summed E-state index contributed by atoms with van der Waals surface area (Å²) in [6.07, 6.45) is 6.52.